The Balaban J connectivity index is 1.59. The lowest BCUT2D eigenvalue weighted by Crippen LogP contribution is -2.26. The van der Waals surface area contributed by atoms with Gasteiger partial charge in [0.2, 0.25) is 11.6 Å². The van der Waals surface area contributed by atoms with Crippen molar-refractivity contribution < 1.29 is 9.42 Å². The molecule has 2 aliphatic rings. The molecule has 3 aromatic rings. The van der Waals surface area contributed by atoms with Gasteiger partial charge in [-0.2, -0.15) is 0 Å². The molecule has 136 valence electrons. The molecule has 0 saturated carbocycles. The molecule has 27 heavy (non-hydrogen) atoms. The molecule has 2 N–H and O–H groups in total. The molecular formula is C20H18N4O2S. The van der Waals surface area contributed by atoms with Crippen molar-refractivity contribution >= 4 is 28.8 Å². The van der Waals surface area contributed by atoms with Gasteiger partial charge in [0.1, 0.15) is 0 Å². The maximum absolute atomic E-state index is 13.2. The van der Waals surface area contributed by atoms with Gasteiger partial charge in [-0.25, -0.2) is 4.63 Å². The summed E-state index contributed by atoms with van der Waals surface area (Å²) >= 11 is 1.62. The Morgan fingerprint density at radius 1 is 1.15 bits per heavy atom. The predicted molar refractivity (Wildman–Crippen MR) is 104 cm³/mol. The topological polar surface area (TPSA) is 80.1 Å². The van der Waals surface area contributed by atoms with Gasteiger partial charge in [0.25, 0.3) is 0 Å². The summed E-state index contributed by atoms with van der Waals surface area (Å²) in [6.07, 6.45) is 1.25. The Morgan fingerprint density at radius 3 is 2.85 bits per heavy atom. The Morgan fingerprint density at radius 2 is 2.04 bits per heavy atom. The first-order valence-electron chi connectivity index (χ1n) is 8.91. The smallest absolute Gasteiger partial charge is 0.219 e. The highest BCUT2D eigenvalue weighted by Crippen LogP contribution is 2.44. The Kier molecular flexibility index (Phi) is 3.82. The van der Waals surface area contributed by atoms with E-state index in [1.165, 1.54) is 11.1 Å². The first-order chi connectivity index (χ1) is 13.2. The van der Waals surface area contributed by atoms with Gasteiger partial charge in [-0.1, -0.05) is 35.9 Å². The second-order valence-electron chi connectivity index (χ2n) is 7.01. The summed E-state index contributed by atoms with van der Waals surface area (Å²) in [6, 6.07) is 12.2. The maximum Gasteiger partial charge on any atom is 0.219 e. The van der Waals surface area contributed by atoms with Gasteiger partial charge < -0.3 is 10.6 Å². The van der Waals surface area contributed by atoms with Crippen LogP contribution in [0.15, 0.2) is 57.7 Å². The molecule has 0 bridgehead atoms. The van der Waals surface area contributed by atoms with E-state index in [2.05, 4.69) is 52.1 Å². The summed E-state index contributed by atoms with van der Waals surface area (Å²) in [4.78, 5) is 14.3. The number of carbonyl (C=O) groups is 1. The first-order valence-corrected chi connectivity index (χ1v) is 9.79. The van der Waals surface area contributed by atoms with E-state index < -0.39 is 0 Å². The number of hydrogen-bond donors (Lipinski definition) is 2. The highest BCUT2D eigenvalue weighted by molar-refractivity contribution is 7.10. The van der Waals surface area contributed by atoms with Crippen molar-refractivity contribution in [3.8, 4) is 0 Å². The molecule has 1 aliphatic carbocycles. The predicted octanol–water partition coefficient (Wildman–Crippen LogP) is 4.42. The SMILES string of the molecule is Cc1cccc(C2CC(=O)C3=C(C2)Nc2nonc2NC3c2cccs2)c1. The second kappa shape index (κ2) is 6.35. The molecule has 1 aliphatic heterocycles. The van der Waals surface area contributed by atoms with Gasteiger partial charge in [-0.05, 0) is 46.6 Å². The average molecular weight is 378 g/mol. The fourth-order valence-corrected chi connectivity index (χ4v) is 4.71. The standard InChI is InChI=1S/C20H18N4O2S/c1-11-4-2-5-12(8-11)13-9-14-17(15(25)10-13)18(16-6-3-7-27-16)22-20-19(21-14)23-26-24-20/h2-8,13,18H,9-10H2,1H3,(H,21,23)(H,22,24). The van der Waals surface area contributed by atoms with E-state index in [1.807, 2.05) is 17.5 Å². The zero-order chi connectivity index (χ0) is 18.4. The number of benzene rings is 1. The van der Waals surface area contributed by atoms with Crippen molar-refractivity contribution in [2.45, 2.75) is 31.7 Å². The molecule has 0 fully saturated rings. The van der Waals surface area contributed by atoms with Gasteiger partial charge in [0.15, 0.2) is 5.78 Å². The van der Waals surface area contributed by atoms with E-state index in [-0.39, 0.29) is 17.7 Å². The lowest BCUT2D eigenvalue weighted by atomic mass is 9.79. The molecule has 2 atom stereocenters. The van der Waals surface area contributed by atoms with Gasteiger partial charge >= 0.3 is 0 Å². The Bertz CT molecular complexity index is 1040. The molecule has 0 spiro atoms. The molecule has 0 radical (unpaired) electrons. The lowest BCUT2D eigenvalue weighted by Gasteiger charge is -2.29. The minimum Gasteiger partial charge on any atom is -0.352 e. The second-order valence-corrected chi connectivity index (χ2v) is 7.99. The number of carbonyl (C=O) groups excluding carboxylic acids is 1. The highest BCUT2D eigenvalue weighted by atomic mass is 32.1. The average Bonchev–Trinajstić information content (AvgIpc) is 3.30. The molecule has 7 heteroatoms. The zero-order valence-corrected chi connectivity index (χ0v) is 15.5. The zero-order valence-electron chi connectivity index (χ0n) is 14.7. The van der Waals surface area contributed by atoms with Crippen LogP contribution in [0.1, 0.15) is 40.8 Å². The monoisotopic (exact) mass is 378 g/mol. The number of anilines is 2. The van der Waals surface area contributed by atoms with Crippen molar-refractivity contribution in [1.29, 1.82) is 0 Å². The number of hydrogen-bond acceptors (Lipinski definition) is 7. The lowest BCUT2D eigenvalue weighted by molar-refractivity contribution is -0.116. The summed E-state index contributed by atoms with van der Waals surface area (Å²) in [5.41, 5.74) is 4.08. The molecule has 6 nitrogen and oxygen atoms in total. The summed E-state index contributed by atoms with van der Waals surface area (Å²) in [7, 11) is 0. The third-order valence-electron chi connectivity index (χ3n) is 5.18. The van der Waals surface area contributed by atoms with Crippen LogP contribution in [0.5, 0.6) is 0 Å². The summed E-state index contributed by atoms with van der Waals surface area (Å²) in [5.74, 6) is 1.36. The number of allylic oxidation sites excluding steroid dienone is 1. The number of ketones is 1. The number of rotatable bonds is 2. The third-order valence-corrected chi connectivity index (χ3v) is 6.11. The number of fused-ring (bicyclic) bond motifs is 1. The van der Waals surface area contributed by atoms with E-state index in [9.17, 15) is 4.79 Å². The number of thiophene rings is 1. The molecule has 2 unspecified atom stereocenters. The fraction of sp³-hybridized carbons (Fsp3) is 0.250. The largest absolute Gasteiger partial charge is 0.352 e. The van der Waals surface area contributed by atoms with Crippen LogP contribution in [0.25, 0.3) is 0 Å². The molecule has 0 saturated heterocycles. The van der Waals surface area contributed by atoms with E-state index in [0.717, 1.165) is 22.6 Å². The van der Waals surface area contributed by atoms with E-state index in [4.69, 9.17) is 4.63 Å². The molecule has 2 aromatic heterocycles. The van der Waals surface area contributed by atoms with Crippen LogP contribution in [0, 0.1) is 6.92 Å². The quantitative estimate of drug-likeness (QED) is 0.687. The van der Waals surface area contributed by atoms with E-state index in [1.54, 1.807) is 11.3 Å². The molecule has 5 rings (SSSR count). The molecule has 3 heterocycles. The number of aryl methyl sites for hydroxylation is 1. The van der Waals surface area contributed by atoms with Crippen LogP contribution in [-0.4, -0.2) is 16.1 Å². The molecule has 1 aromatic carbocycles. The van der Waals surface area contributed by atoms with Gasteiger partial charge in [-0.15, -0.1) is 11.3 Å². The van der Waals surface area contributed by atoms with Crippen LogP contribution >= 0.6 is 11.3 Å². The van der Waals surface area contributed by atoms with Gasteiger partial charge in [0.05, 0.1) is 6.04 Å². The van der Waals surface area contributed by atoms with Crippen LogP contribution in [0.2, 0.25) is 0 Å². The van der Waals surface area contributed by atoms with Crippen molar-refractivity contribution in [3.05, 3.63) is 69.1 Å². The minimum absolute atomic E-state index is 0.147. The maximum atomic E-state index is 13.2. The first kappa shape index (κ1) is 16.3. The van der Waals surface area contributed by atoms with Crippen molar-refractivity contribution in [2.75, 3.05) is 10.6 Å². The van der Waals surface area contributed by atoms with E-state index >= 15 is 0 Å². The summed E-state index contributed by atoms with van der Waals surface area (Å²) in [6.45, 7) is 2.08. The number of Topliss-reactive ketones (excluding diaryl/α,β-unsaturated/α-hetero) is 1. The Labute approximate surface area is 160 Å². The van der Waals surface area contributed by atoms with Gasteiger partial charge in [-0.3, -0.25) is 4.79 Å². The fourth-order valence-electron chi connectivity index (χ4n) is 3.93. The number of nitrogens with one attached hydrogen (secondary N) is 2. The van der Waals surface area contributed by atoms with Gasteiger partial charge in [0, 0.05) is 22.6 Å². The molecular weight excluding hydrogens is 360 g/mol. The van der Waals surface area contributed by atoms with Crippen molar-refractivity contribution in [2.24, 2.45) is 0 Å². The minimum atomic E-state index is -0.244. The molecule has 0 amide bonds. The Hall–Kier alpha value is -2.93. The van der Waals surface area contributed by atoms with Crippen molar-refractivity contribution in [3.63, 3.8) is 0 Å². The van der Waals surface area contributed by atoms with E-state index in [0.29, 0.717) is 18.1 Å². The summed E-state index contributed by atoms with van der Waals surface area (Å²) < 4.78 is 4.89. The van der Waals surface area contributed by atoms with Crippen LogP contribution in [0.4, 0.5) is 11.6 Å². The normalized spacial score (nSPS) is 21.7. The number of aromatic nitrogens is 2. The van der Waals surface area contributed by atoms with Crippen LogP contribution < -0.4 is 10.6 Å². The summed E-state index contributed by atoms with van der Waals surface area (Å²) in [5, 5.41) is 16.6. The van der Waals surface area contributed by atoms with Crippen LogP contribution in [0.3, 0.4) is 0 Å². The number of nitrogens with zero attached hydrogens (tertiary/aromatic N) is 2. The third kappa shape index (κ3) is 2.84. The van der Waals surface area contributed by atoms with Crippen molar-refractivity contribution in [1.82, 2.24) is 10.3 Å². The van der Waals surface area contributed by atoms with Crippen LogP contribution in [-0.2, 0) is 4.79 Å². The highest BCUT2D eigenvalue weighted by Gasteiger charge is 2.37.